The molecule has 0 aromatic carbocycles. The van der Waals surface area contributed by atoms with Crippen LogP contribution in [0.15, 0.2) is 0 Å². The fraction of sp³-hybridized carbons (Fsp3) is 1.00. The van der Waals surface area contributed by atoms with Crippen LogP contribution in [0.4, 0.5) is 0 Å². The van der Waals surface area contributed by atoms with Crippen molar-refractivity contribution in [3.8, 4) is 0 Å². The third-order valence-electron chi connectivity index (χ3n) is 2.77. The van der Waals surface area contributed by atoms with E-state index in [1.165, 1.54) is 0 Å². The molecule has 10 heavy (non-hydrogen) atoms. The Bertz CT molecular complexity index is 114. The summed E-state index contributed by atoms with van der Waals surface area (Å²) in [5.41, 5.74) is 0. The zero-order chi connectivity index (χ0) is 7.72. The van der Waals surface area contributed by atoms with Gasteiger partial charge in [-0.15, -0.1) is 0 Å². The van der Waals surface area contributed by atoms with Gasteiger partial charge in [0.25, 0.3) is 0 Å². The second-order valence-corrected chi connectivity index (χ2v) is 3.51. The van der Waals surface area contributed by atoms with Crippen LogP contribution >= 0.6 is 0 Å². The molecule has 0 amide bonds. The highest BCUT2D eigenvalue weighted by Gasteiger charge is 2.36. The molecule has 0 aromatic rings. The van der Waals surface area contributed by atoms with Crippen LogP contribution in [-0.2, 0) is 0 Å². The Hall–Kier alpha value is -0.0800. The Morgan fingerprint density at radius 1 is 1.40 bits per heavy atom. The molecule has 0 heterocycles. The van der Waals surface area contributed by atoms with Crippen molar-refractivity contribution in [2.75, 3.05) is 6.61 Å². The van der Waals surface area contributed by atoms with Gasteiger partial charge in [0, 0.05) is 6.61 Å². The Balaban J connectivity index is 2.53. The first kappa shape index (κ1) is 8.02. The molecule has 0 radical (unpaired) electrons. The molecule has 0 aromatic heterocycles. The van der Waals surface area contributed by atoms with Gasteiger partial charge in [-0.3, -0.25) is 0 Å². The van der Waals surface area contributed by atoms with Gasteiger partial charge in [0.15, 0.2) is 0 Å². The van der Waals surface area contributed by atoms with E-state index < -0.39 is 0 Å². The van der Waals surface area contributed by atoms with Crippen LogP contribution in [0.5, 0.6) is 0 Å². The molecule has 1 aliphatic carbocycles. The van der Waals surface area contributed by atoms with Crippen LogP contribution in [0, 0.1) is 17.8 Å². The smallest absolute Gasteiger partial charge is 0.0594 e. The molecule has 0 bridgehead atoms. The largest absolute Gasteiger partial charge is 0.396 e. The molecular weight excluding hydrogens is 128 g/mol. The summed E-state index contributed by atoms with van der Waals surface area (Å²) in [5.74, 6) is 0.970. The van der Waals surface area contributed by atoms with Gasteiger partial charge in [-0.25, -0.2) is 0 Å². The second-order valence-electron chi connectivity index (χ2n) is 3.51. The fourth-order valence-corrected chi connectivity index (χ4v) is 1.87. The van der Waals surface area contributed by atoms with Gasteiger partial charge in [0.2, 0.25) is 0 Å². The number of rotatable bonds is 1. The molecule has 4 atom stereocenters. The molecule has 2 N–H and O–H groups in total. The standard InChI is InChI=1S/C8H16O2/c1-5-3-7(4-9)6(2)8(5)10/h5-10H,3-4H2,1-2H3/t5?,6-,7?,8?/m0/s1. The maximum absolute atomic E-state index is 9.46. The summed E-state index contributed by atoms with van der Waals surface area (Å²) < 4.78 is 0. The molecule has 2 heteroatoms. The first-order valence-electron chi connectivity index (χ1n) is 3.95. The molecule has 2 nitrogen and oxygen atoms in total. The van der Waals surface area contributed by atoms with E-state index in [0.29, 0.717) is 11.8 Å². The van der Waals surface area contributed by atoms with Crippen molar-refractivity contribution in [2.24, 2.45) is 17.8 Å². The molecule has 0 spiro atoms. The summed E-state index contributed by atoms with van der Waals surface area (Å²) in [7, 11) is 0. The van der Waals surface area contributed by atoms with Crippen LogP contribution in [0.1, 0.15) is 20.3 Å². The highest BCUT2D eigenvalue weighted by molar-refractivity contribution is 4.85. The van der Waals surface area contributed by atoms with Crippen molar-refractivity contribution in [3.63, 3.8) is 0 Å². The number of aliphatic hydroxyl groups is 2. The molecular formula is C8H16O2. The Morgan fingerprint density at radius 2 is 2.00 bits per heavy atom. The van der Waals surface area contributed by atoms with E-state index in [9.17, 15) is 5.11 Å². The third-order valence-corrected chi connectivity index (χ3v) is 2.77. The van der Waals surface area contributed by atoms with Gasteiger partial charge in [0.1, 0.15) is 0 Å². The molecule has 0 saturated heterocycles. The minimum absolute atomic E-state index is 0.197. The van der Waals surface area contributed by atoms with E-state index in [1.54, 1.807) is 0 Å². The van der Waals surface area contributed by atoms with Crippen molar-refractivity contribution in [3.05, 3.63) is 0 Å². The van der Waals surface area contributed by atoms with Gasteiger partial charge in [-0.1, -0.05) is 13.8 Å². The van der Waals surface area contributed by atoms with E-state index >= 15 is 0 Å². The normalized spacial score (nSPS) is 48.0. The topological polar surface area (TPSA) is 40.5 Å². The van der Waals surface area contributed by atoms with Crippen molar-refractivity contribution in [1.29, 1.82) is 0 Å². The highest BCUT2D eigenvalue weighted by Crippen LogP contribution is 2.35. The van der Waals surface area contributed by atoms with Gasteiger partial charge >= 0.3 is 0 Å². The SMILES string of the molecule is CC1CC(CO)[C@H](C)C1O. The predicted molar refractivity (Wildman–Crippen MR) is 39.5 cm³/mol. The molecule has 3 unspecified atom stereocenters. The Morgan fingerprint density at radius 3 is 2.20 bits per heavy atom. The quantitative estimate of drug-likeness (QED) is 0.566. The van der Waals surface area contributed by atoms with E-state index in [-0.39, 0.29) is 18.6 Å². The maximum atomic E-state index is 9.46. The second kappa shape index (κ2) is 2.89. The summed E-state index contributed by atoms with van der Waals surface area (Å²) in [6.07, 6.45) is 0.774. The molecule has 0 aliphatic heterocycles. The predicted octanol–water partition coefficient (Wildman–Crippen LogP) is 0.632. The summed E-state index contributed by atoms with van der Waals surface area (Å²) in [5, 5.41) is 18.3. The molecule has 1 aliphatic rings. The Labute approximate surface area is 61.9 Å². The molecule has 60 valence electrons. The van der Waals surface area contributed by atoms with Crippen molar-refractivity contribution < 1.29 is 10.2 Å². The average Bonchev–Trinajstić information content (AvgIpc) is 2.17. The minimum atomic E-state index is -0.197. The van der Waals surface area contributed by atoms with Gasteiger partial charge in [0.05, 0.1) is 6.10 Å². The summed E-state index contributed by atoms with van der Waals surface area (Å²) in [6, 6.07) is 0. The Kier molecular flexibility index (Phi) is 2.32. The minimum Gasteiger partial charge on any atom is -0.396 e. The van der Waals surface area contributed by atoms with E-state index in [4.69, 9.17) is 5.11 Å². The molecule has 1 saturated carbocycles. The van der Waals surface area contributed by atoms with Crippen molar-refractivity contribution in [2.45, 2.75) is 26.4 Å². The van der Waals surface area contributed by atoms with E-state index in [2.05, 4.69) is 0 Å². The van der Waals surface area contributed by atoms with E-state index in [1.807, 2.05) is 13.8 Å². The average molecular weight is 144 g/mol. The highest BCUT2D eigenvalue weighted by atomic mass is 16.3. The monoisotopic (exact) mass is 144 g/mol. The van der Waals surface area contributed by atoms with Gasteiger partial charge in [-0.05, 0) is 24.2 Å². The number of hydrogen-bond acceptors (Lipinski definition) is 2. The van der Waals surface area contributed by atoms with E-state index in [0.717, 1.165) is 6.42 Å². The lowest BCUT2D eigenvalue weighted by Crippen LogP contribution is -2.20. The van der Waals surface area contributed by atoms with Crippen LogP contribution in [0.2, 0.25) is 0 Å². The van der Waals surface area contributed by atoms with Crippen LogP contribution in [0.25, 0.3) is 0 Å². The van der Waals surface area contributed by atoms with Gasteiger partial charge < -0.3 is 10.2 Å². The van der Waals surface area contributed by atoms with Crippen LogP contribution in [0.3, 0.4) is 0 Å². The first-order valence-corrected chi connectivity index (χ1v) is 3.95. The zero-order valence-corrected chi connectivity index (χ0v) is 6.62. The summed E-state index contributed by atoms with van der Waals surface area (Å²) in [6.45, 7) is 4.27. The maximum Gasteiger partial charge on any atom is 0.0594 e. The molecule has 1 fully saturated rings. The summed E-state index contributed by atoms with van der Waals surface area (Å²) in [4.78, 5) is 0. The van der Waals surface area contributed by atoms with Crippen LogP contribution in [-0.4, -0.2) is 22.9 Å². The van der Waals surface area contributed by atoms with Crippen molar-refractivity contribution >= 4 is 0 Å². The third kappa shape index (κ3) is 1.18. The number of hydrogen-bond donors (Lipinski definition) is 2. The lowest BCUT2D eigenvalue weighted by Gasteiger charge is -2.14. The first-order chi connectivity index (χ1) is 4.66. The lowest BCUT2D eigenvalue weighted by molar-refractivity contribution is 0.0875. The summed E-state index contributed by atoms with van der Waals surface area (Å²) >= 11 is 0. The molecule has 1 rings (SSSR count). The van der Waals surface area contributed by atoms with Gasteiger partial charge in [-0.2, -0.15) is 0 Å². The number of aliphatic hydroxyl groups excluding tert-OH is 2. The van der Waals surface area contributed by atoms with Crippen LogP contribution < -0.4 is 0 Å². The fourth-order valence-electron chi connectivity index (χ4n) is 1.87. The zero-order valence-electron chi connectivity index (χ0n) is 6.62. The van der Waals surface area contributed by atoms with Crippen molar-refractivity contribution in [1.82, 2.24) is 0 Å². The lowest BCUT2D eigenvalue weighted by atomic mass is 9.98.